The van der Waals surface area contributed by atoms with Gasteiger partial charge in [0.05, 0.1) is 16.7 Å². The lowest BCUT2D eigenvalue weighted by Crippen LogP contribution is -1.92. The molecule has 0 fully saturated rings. The number of benzene rings is 6. The van der Waals surface area contributed by atoms with Crippen molar-refractivity contribution in [3.8, 4) is 22.4 Å². The van der Waals surface area contributed by atoms with Crippen LogP contribution in [0.1, 0.15) is 0 Å². The number of hydrogen-bond acceptors (Lipinski definition) is 3. The Kier molecular flexibility index (Phi) is 4.80. The summed E-state index contributed by atoms with van der Waals surface area (Å²) in [5, 5.41) is 9.79. The second kappa shape index (κ2) is 8.69. The van der Waals surface area contributed by atoms with E-state index in [1.54, 1.807) is 0 Å². The van der Waals surface area contributed by atoms with E-state index in [0.29, 0.717) is 0 Å². The summed E-state index contributed by atoms with van der Waals surface area (Å²) in [6.45, 7) is 0. The molecule has 0 bridgehead atoms. The molecule has 0 saturated carbocycles. The Balaban J connectivity index is 1.42. The summed E-state index contributed by atoms with van der Waals surface area (Å²) < 4.78 is 2.64. The van der Waals surface area contributed by atoms with Gasteiger partial charge in [-0.05, 0) is 46.2 Å². The molecule has 3 heteroatoms. The summed E-state index contributed by atoms with van der Waals surface area (Å²) in [7, 11) is 0. The molecule has 0 aliphatic heterocycles. The highest BCUT2D eigenvalue weighted by Crippen LogP contribution is 2.43. The van der Waals surface area contributed by atoms with Crippen molar-refractivity contribution >= 4 is 74.9 Å². The lowest BCUT2D eigenvalue weighted by atomic mass is 9.92. The molecule has 9 aromatic rings. The predicted octanol–water partition coefficient (Wildman–Crippen LogP) is 10.8. The number of nitrogens with zero attached hydrogens (tertiary/aromatic N) is 2. The predicted molar refractivity (Wildman–Crippen MR) is 176 cm³/mol. The van der Waals surface area contributed by atoms with Crippen LogP contribution < -0.4 is 0 Å². The molecule has 0 spiro atoms. The second-order valence-corrected chi connectivity index (χ2v) is 11.6. The van der Waals surface area contributed by atoms with Gasteiger partial charge in [-0.25, -0.2) is 4.98 Å². The molecule has 190 valence electrons. The molecule has 0 N–H and O–H groups in total. The van der Waals surface area contributed by atoms with E-state index >= 15 is 0 Å². The van der Waals surface area contributed by atoms with Gasteiger partial charge in [0, 0.05) is 53.5 Å². The molecule has 6 aromatic carbocycles. The van der Waals surface area contributed by atoms with E-state index in [0.717, 1.165) is 33.1 Å². The van der Waals surface area contributed by atoms with Crippen LogP contribution in [0.2, 0.25) is 0 Å². The number of hydrogen-bond donors (Lipinski definition) is 0. The van der Waals surface area contributed by atoms with Gasteiger partial charge in [0.15, 0.2) is 0 Å². The lowest BCUT2D eigenvalue weighted by molar-refractivity contribution is 1.42. The smallest absolute Gasteiger partial charge is 0.0788 e. The van der Waals surface area contributed by atoms with Crippen LogP contribution in [-0.2, 0) is 0 Å². The fourth-order valence-electron chi connectivity index (χ4n) is 6.43. The number of fused-ring (bicyclic) bond motifs is 10. The Morgan fingerprint density at radius 2 is 1.27 bits per heavy atom. The molecule has 0 aliphatic carbocycles. The third-order valence-corrected chi connectivity index (χ3v) is 9.50. The third-order valence-electron chi connectivity index (χ3n) is 8.28. The number of rotatable bonds is 2. The SMILES string of the molecule is c1ccc(-c2nc3cc(-c4cccc5c4sc4ccccc45)ccc3c3c2ccc2ccc4ncccc4c23)cc1. The van der Waals surface area contributed by atoms with Crippen LogP contribution in [0, 0.1) is 0 Å². The summed E-state index contributed by atoms with van der Waals surface area (Å²) >= 11 is 1.87. The Bertz CT molecular complexity index is 2470. The van der Waals surface area contributed by atoms with Gasteiger partial charge < -0.3 is 0 Å². The average Bonchev–Trinajstić information content (AvgIpc) is 3.43. The monoisotopic (exact) mass is 538 g/mol. The second-order valence-electron chi connectivity index (χ2n) is 10.6. The van der Waals surface area contributed by atoms with Crippen LogP contribution in [0.25, 0.3) is 85.9 Å². The van der Waals surface area contributed by atoms with Gasteiger partial charge in [0.2, 0.25) is 0 Å². The highest BCUT2D eigenvalue weighted by Gasteiger charge is 2.17. The maximum absolute atomic E-state index is 5.36. The largest absolute Gasteiger partial charge is 0.256 e. The van der Waals surface area contributed by atoms with Crippen molar-refractivity contribution in [2.45, 2.75) is 0 Å². The topological polar surface area (TPSA) is 25.8 Å². The Hall–Kier alpha value is -5.12. The maximum atomic E-state index is 5.36. The maximum Gasteiger partial charge on any atom is 0.0788 e. The molecular formula is C38H22N2S. The molecular weight excluding hydrogens is 516 g/mol. The van der Waals surface area contributed by atoms with Gasteiger partial charge in [-0.2, -0.15) is 0 Å². The van der Waals surface area contributed by atoms with Crippen molar-refractivity contribution in [2.75, 3.05) is 0 Å². The van der Waals surface area contributed by atoms with E-state index in [-0.39, 0.29) is 0 Å². The van der Waals surface area contributed by atoms with Gasteiger partial charge >= 0.3 is 0 Å². The molecule has 2 nitrogen and oxygen atoms in total. The van der Waals surface area contributed by atoms with Gasteiger partial charge in [0.1, 0.15) is 0 Å². The molecule has 3 aromatic heterocycles. The van der Waals surface area contributed by atoms with Gasteiger partial charge in [-0.15, -0.1) is 11.3 Å². The minimum absolute atomic E-state index is 1.00. The zero-order valence-electron chi connectivity index (χ0n) is 22.0. The first-order valence-electron chi connectivity index (χ1n) is 13.8. The van der Waals surface area contributed by atoms with Crippen LogP contribution >= 0.6 is 11.3 Å². The van der Waals surface area contributed by atoms with E-state index in [2.05, 4.69) is 126 Å². The average molecular weight is 539 g/mol. The first kappa shape index (κ1) is 22.7. The standard InChI is InChI=1S/C38H22N2S/c1-2-8-24(9-3-1)37-31-19-15-23-17-20-32-29(13-7-21-39-32)35(23)36(31)30-18-16-25(22-33(30)40-37)26-11-6-12-28-27-10-4-5-14-34(27)41-38(26)28/h1-22H. The van der Waals surface area contributed by atoms with Crippen LogP contribution in [-0.4, -0.2) is 9.97 Å². The Labute approximate surface area is 240 Å². The number of pyridine rings is 2. The Morgan fingerprint density at radius 1 is 0.488 bits per heavy atom. The molecule has 0 saturated heterocycles. The van der Waals surface area contributed by atoms with Crippen molar-refractivity contribution in [1.29, 1.82) is 0 Å². The molecule has 0 atom stereocenters. The van der Waals surface area contributed by atoms with E-state index in [1.165, 1.54) is 52.8 Å². The van der Waals surface area contributed by atoms with Crippen molar-refractivity contribution in [3.63, 3.8) is 0 Å². The first-order chi connectivity index (χ1) is 20.3. The first-order valence-corrected chi connectivity index (χ1v) is 14.7. The molecule has 0 radical (unpaired) electrons. The highest BCUT2D eigenvalue weighted by molar-refractivity contribution is 7.26. The minimum Gasteiger partial charge on any atom is -0.256 e. The van der Waals surface area contributed by atoms with Crippen LogP contribution in [0.4, 0.5) is 0 Å². The lowest BCUT2D eigenvalue weighted by Gasteiger charge is -2.15. The van der Waals surface area contributed by atoms with Crippen LogP contribution in [0.3, 0.4) is 0 Å². The van der Waals surface area contributed by atoms with E-state index in [1.807, 2.05) is 23.6 Å². The summed E-state index contributed by atoms with van der Waals surface area (Å²) in [4.78, 5) is 10.0. The summed E-state index contributed by atoms with van der Waals surface area (Å²) in [6.07, 6.45) is 1.87. The zero-order chi connectivity index (χ0) is 26.9. The summed E-state index contributed by atoms with van der Waals surface area (Å²) in [5.41, 5.74) is 6.57. The van der Waals surface area contributed by atoms with Crippen molar-refractivity contribution in [2.24, 2.45) is 0 Å². The van der Waals surface area contributed by atoms with Crippen molar-refractivity contribution in [3.05, 3.63) is 134 Å². The van der Waals surface area contributed by atoms with E-state index in [9.17, 15) is 0 Å². The van der Waals surface area contributed by atoms with Crippen molar-refractivity contribution in [1.82, 2.24) is 9.97 Å². The minimum atomic E-state index is 1.00. The van der Waals surface area contributed by atoms with Gasteiger partial charge in [0.25, 0.3) is 0 Å². The molecule has 9 rings (SSSR count). The number of thiophene rings is 1. The fourth-order valence-corrected chi connectivity index (χ4v) is 7.67. The van der Waals surface area contributed by atoms with E-state index < -0.39 is 0 Å². The van der Waals surface area contributed by atoms with Gasteiger partial charge in [-0.1, -0.05) is 103 Å². The van der Waals surface area contributed by atoms with Crippen LogP contribution in [0.15, 0.2) is 134 Å². The van der Waals surface area contributed by atoms with Crippen molar-refractivity contribution < 1.29 is 0 Å². The third kappa shape index (κ3) is 3.36. The summed E-state index contributed by atoms with van der Waals surface area (Å²) in [5.74, 6) is 0. The van der Waals surface area contributed by atoms with E-state index in [4.69, 9.17) is 4.98 Å². The Morgan fingerprint density at radius 3 is 2.22 bits per heavy atom. The van der Waals surface area contributed by atoms with Crippen LogP contribution in [0.5, 0.6) is 0 Å². The quantitative estimate of drug-likeness (QED) is 0.205. The fraction of sp³-hybridized carbons (Fsp3) is 0. The molecule has 3 heterocycles. The molecule has 0 amide bonds. The summed E-state index contributed by atoms with van der Waals surface area (Å²) in [6, 6.07) is 45.7. The zero-order valence-corrected chi connectivity index (χ0v) is 22.8. The molecule has 0 aliphatic rings. The van der Waals surface area contributed by atoms with Gasteiger partial charge in [-0.3, -0.25) is 4.98 Å². The number of aromatic nitrogens is 2. The molecule has 0 unspecified atom stereocenters. The molecule has 41 heavy (non-hydrogen) atoms. The normalized spacial score (nSPS) is 11.9. The highest BCUT2D eigenvalue weighted by atomic mass is 32.1.